The second kappa shape index (κ2) is 6.95. The maximum Gasteiger partial charge on any atom is 0.271 e. The van der Waals surface area contributed by atoms with Gasteiger partial charge in [-0.3, -0.25) is 9.59 Å². The van der Waals surface area contributed by atoms with Crippen LogP contribution in [0, 0.1) is 0 Å². The van der Waals surface area contributed by atoms with Crippen molar-refractivity contribution in [3.63, 3.8) is 0 Å². The Morgan fingerprint density at radius 3 is 2.39 bits per heavy atom. The summed E-state index contributed by atoms with van der Waals surface area (Å²) in [5, 5.41) is 6.82. The topological polar surface area (TPSA) is 82.5 Å². The second-order valence-electron chi connectivity index (χ2n) is 4.86. The molecule has 2 rings (SSSR count). The summed E-state index contributed by atoms with van der Waals surface area (Å²) in [4.78, 5) is 24.0. The summed E-state index contributed by atoms with van der Waals surface area (Å²) in [6.07, 6.45) is 0. The van der Waals surface area contributed by atoms with E-state index in [2.05, 4.69) is 10.4 Å². The number of hydrogen-bond acceptors (Lipinski definition) is 5. The van der Waals surface area contributed by atoms with Crippen LogP contribution in [0.5, 0.6) is 11.5 Å². The first-order chi connectivity index (χ1) is 11.0. The van der Waals surface area contributed by atoms with Gasteiger partial charge in [-0.1, -0.05) is 0 Å². The van der Waals surface area contributed by atoms with E-state index in [4.69, 9.17) is 9.47 Å². The lowest BCUT2D eigenvalue weighted by molar-refractivity contribution is -0.123. The minimum absolute atomic E-state index is 0.301. The van der Waals surface area contributed by atoms with E-state index in [1.807, 2.05) is 12.1 Å². The molecule has 7 nitrogen and oxygen atoms in total. The standard InChI is InChI=1S/C16H19N3O4/c1-10(16(21)17-2)19-14(20)9-13(23-4)15(18-19)11-5-7-12(22-3)8-6-11/h5-10H,1-4H3,(H,17,21)/t10-/m1/s1. The van der Waals surface area contributed by atoms with E-state index in [0.29, 0.717) is 17.2 Å². The molecule has 0 saturated heterocycles. The van der Waals surface area contributed by atoms with Crippen molar-refractivity contribution in [2.24, 2.45) is 0 Å². The molecule has 0 radical (unpaired) electrons. The zero-order chi connectivity index (χ0) is 17.0. The summed E-state index contributed by atoms with van der Waals surface area (Å²) in [7, 11) is 4.56. The molecule has 0 saturated carbocycles. The lowest BCUT2D eigenvalue weighted by atomic mass is 10.1. The average molecular weight is 317 g/mol. The average Bonchev–Trinajstić information content (AvgIpc) is 2.60. The number of nitrogens with zero attached hydrogens (tertiary/aromatic N) is 2. The predicted molar refractivity (Wildman–Crippen MR) is 85.8 cm³/mol. The lowest BCUT2D eigenvalue weighted by Gasteiger charge is -2.15. The minimum atomic E-state index is -0.726. The van der Waals surface area contributed by atoms with Crippen LogP contribution in [0.25, 0.3) is 11.3 Å². The summed E-state index contributed by atoms with van der Waals surface area (Å²) in [6, 6.07) is 7.79. The number of ether oxygens (including phenoxy) is 2. The number of carbonyl (C=O) groups excluding carboxylic acids is 1. The fraction of sp³-hybridized carbons (Fsp3) is 0.312. The summed E-state index contributed by atoms with van der Waals surface area (Å²) in [5.41, 5.74) is 0.821. The maximum absolute atomic E-state index is 12.2. The Labute approximate surface area is 133 Å². The molecule has 0 spiro atoms. The van der Waals surface area contributed by atoms with Gasteiger partial charge in [0.1, 0.15) is 17.5 Å². The highest BCUT2D eigenvalue weighted by molar-refractivity contribution is 5.79. The van der Waals surface area contributed by atoms with Crippen LogP contribution in [0.2, 0.25) is 0 Å². The number of benzene rings is 1. The molecular formula is C16H19N3O4. The molecule has 0 bridgehead atoms. The van der Waals surface area contributed by atoms with Crippen molar-refractivity contribution in [2.45, 2.75) is 13.0 Å². The summed E-state index contributed by atoms with van der Waals surface area (Å²) in [5.74, 6) is 0.755. The molecule has 122 valence electrons. The molecular weight excluding hydrogens is 298 g/mol. The van der Waals surface area contributed by atoms with E-state index >= 15 is 0 Å². The maximum atomic E-state index is 12.2. The van der Waals surface area contributed by atoms with Crippen molar-refractivity contribution in [1.29, 1.82) is 0 Å². The molecule has 1 aromatic carbocycles. The fourth-order valence-electron chi connectivity index (χ4n) is 2.15. The van der Waals surface area contributed by atoms with Crippen molar-refractivity contribution in [2.75, 3.05) is 21.3 Å². The SMILES string of the molecule is CNC(=O)[C@@H](C)n1nc(-c2ccc(OC)cc2)c(OC)cc1=O. The Hall–Kier alpha value is -2.83. The number of rotatable bonds is 5. The first-order valence-electron chi connectivity index (χ1n) is 7.05. The molecule has 1 N–H and O–H groups in total. The summed E-state index contributed by atoms with van der Waals surface area (Å²) < 4.78 is 11.5. The number of aromatic nitrogens is 2. The van der Waals surface area contributed by atoms with E-state index in [1.54, 1.807) is 26.2 Å². The molecule has 0 aliphatic rings. The van der Waals surface area contributed by atoms with Gasteiger partial charge < -0.3 is 14.8 Å². The normalized spacial score (nSPS) is 11.7. The van der Waals surface area contributed by atoms with Gasteiger partial charge in [-0.15, -0.1) is 0 Å². The van der Waals surface area contributed by atoms with Gasteiger partial charge in [0.2, 0.25) is 5.91 Å². The Morgan fingerprint density at radius 2 is 1.87 bits per heavy atom. The molecule has 2 aromatic rings. The lowest BCUT2D eigenvalue weighted by Crippen LogP contribution is -2.35. The molecule has 1 heterocycles. The van der Waals surface area contributed by atoms with Crippen LogP contribution in [0.1, 0.15) is 13.0 Å². The molecule has 0 fully saturated rings. The summed E-state index contributed by atoms with van der Waals surface area (Å²) >= 11 is 0. The van der Waals surface area contributed by atoms with E-state index in [-0.39, 0.29) is 5.91 Å². The molecule has 1 aromatic heterocycles. The third-order valence-corrected chi connectivity index (χ3v) is 3.50. The highest BCUT2D eigenvalue weighted by atomic mass is 16.5. The van der Waals surface area contributed by atoms with Crippen molar-refractivity contribution in [1.82, 2.24) is 15.1 Å². The molecule has 0 aliphatic carbocycles. The number of methoxy groups -OCH3 is 2. The zero-order valence-electron chi connectivity index (χ0n) is 13.5. The number of likely N-dealkylation sites (N-methyl/N-ethyl adjacent to an activating group) is 1. The Bertz CT molecular complexity index is 753. The Morgan fingerprint density at radius 1 is 1.22 bits per heavy atom. The number of amides is 1. The van der Waals surface area contributed by atoms with E-state index in [0.717, 1.165) is 10.2 Å². The smallest absolute Gasteiger partial charge is 0.271 e. The van der Waals surface area contributed by atoms with Crippen LogP contribution in [0.4, 0.5) is 0 Å². The molecule has 7 heteroatoms. The second-order valence-corrected chi connectivity index (χ2v) is 4.86. The highest BCUT2D eigenvalue weighted by Gasteiger charge is 2.19. The molecule has 0 unspecified atom stereocenters. The quantitative estimate of drug-likeness (QED) is 0.897. The fourth-order valence-corrected chi connectivity index (χ4v) is 2.15. The van der Waals surface area contributed by atoms with E-state index < -0.39 is 11.6 Å². The van der Waals surface area contributed by atoms with Gasteiger partial charge in [-0.2, -0.15) is 5.10 Å². The number of nitrogens with one attached hydrogen (secondary N) is 1. The van der Waals surface area contributed by atoms with Crippen molar-refractivity contribution in [3.8, 4) is 22.8 Å². The van der Waals surface area contributed by atoms with Gasteiger partial charge in [-0.05, 0) is 31.2 Å². The van der Waals surface area contributed by atoms with Gasteiger partial charge >= 0.3 is 0 Å². The monoisotopic (exact) mass is 317 g/mol. The predicted octanol–water partition coefficient (Wildman–Crippen LogP) is 1.23. The number of hydrogen-bond donors (Lipinski definition) is 1. The van der Waals surface area contributed by atoms with E-state index in [9.17, 15) is 9.59 Å². The highest BCUT2D eigenvalue weighted by Crippen LogP contribution is 2.28. The number of carbonyl (C=O) groups is 1. The third-order valence-electron chi connectivity index (χ3n) is 3.50. The van der Waals surface area contributed by atoms with Crippen LogP contribution in [0.15, 0.2) is 35.1 Å². The van der Waals surface area contributed by atoms with Crippen LogP contribution < -0.4 is 20.3 Å². The van der Waals surface area contributed by atoms with Crippen molar-refractivity contribution >= 4 is 5.91 Å². The molecule has 0 aliphatic heterocycles. The minimum Gasteiger partial charge on any atom is -0.497 e. The first-order valence-corrected chi connectivity index (χ1v) is 7.05. The first kappa shape index (κ1) is 16.5. The molecule has 23 heavy (non-hydrogen) atoms. The van der Waals surface area contributed by atoms with Crippen LogP contribution in [-0.4, -0.2) is 37.0 Å². The largest absolute Gasteiger partial charge is 0.497 e. The van der Waals surface area contributed by atoms with Crippen molar-refractivity contribution in [3.05, 3.63) is 40.7 Å². The summed E-state index contributed by atoms with van der Waals surface area (Å²) in [6.45, 7) is 1.61. The van der Waals surface area contributed by atoms with Crippen LogP contribution in [0.3, 0.4) is 0 Å². The third kappa shape index (κ3) is 3.33. The van der Waals surface area contributed by atoms with Crippen LogP contribution >= 0.6 is 0 Å². The van der Waals surface area contributed by atoms with Crippen molar-refractivity contribution < 1.29 is 14.3 Å². The van der Waals surface area contributed by atoms with Gasteiger partial charge in [0.15, 0.2) is 5.75 Å². The molecule has 1 amide bonds. The Balaban J connectivity index is 2.57. The van der Waals surface area contributed by atoms with Gasteiger partial charge in [0, 0.05) is 18.7 Å². The molecule has 1 atom stereocenters. The van der Waals surface area contributed by atoms with Crippen LogP contribution in [-0.2, 0) is 4.79 Å². The van der Waals surface area contributed by atoms with Gasteiger partial charge in [0.05, 0.1) is 14.2 Å². The Kier molecular flexibility index (Phi) is 5.00. The van der Waals surface area contributed by atoms with Gasteiger partial charge in [0.25, 0.3) is 5.56 Å². The zero-order valence-corrected chi connectivity index (χ0v) is 13.5. The van der Waals surface area contributed by atoms with E-state index in [1.165, 1.54) is 20.2 Å². The van der Waals surface area contributed by atoms with Gasteiger partial charge in [-0.25, -0.2) is 4.68 Å².